The van der Waals surface area contributed by atoms with Crippen LogP contribution in [0.1, 0.15) is 43.2 Å². The minimum atomic E-state index is -1.61. The van der Waals surface area contributed by atoms with Crippen molar-refractivity contribution in [1.82, 2.24) is 15.0 Å². The summed E-state index contributed by atoms with van der Waals surface area (Å²) in [5.41, 5.74) is 0.475. The van der Waals surface area contributed by atoms with Gasteiger partial charge in [0, 0.05) is 31.3 Å². The zero-order valence-electron chi connectivity index (χ0n) is 17.4. The zero-order valence-corrected chi connectivity index (χ0v) is 17.4. The quantitative estimate of drug-likeness (QED) is 0.358. The molecular formula is C21H28N6O4. The van der Waals surface area contributed by atoms with Gasteiger partial charge >= 0.3 is 0 Å². The molecule has 2 aromatic heterocycles. The van der Waals surface area contributed by atoms with E-state index in [1.807, 2.05) is 6.92 Å². The maximum absolute atomic E-state index is 11.1. The van der Waals surface area contributed by atoms with Crippen LogP contribution in [0.4, 0.5) is 17.5 Å². The maximum atomic E-state index is 11.1. The molecule has 2 saturated carbocycles. The number of aliphatic hydroxyl groups is 3. The van der Waals surface area contributed by atoms with Crippen molar-refractivity contribution < 1.29 is 20.1 Å². The van der Waals surface area contributed by atoms with Gasteiger partial charge in [0.15, 0.2) is 5.72 Å². The molecule has 166 valence electrons. The monoisotopic (exact) mass is 428 g/mol. The molecule has 0 radical (unpaired) electrons. The Balaban J connectivity index is 1.47. The molecule has 31 heavy (non-hydrogen) atoms. The Labute approximate surface area is 180 Å². The molecule has 3 aliphatic rings. The fourth-order valence-corrected chi connectivity index (χ4v) is 4.28. The third-order valence-electron chi connectivity index (χ3n) is 6.36. The van der Waals surface area contributed by atoms with Gasteiger partial charge in [-0.2, -0.15) is 4.98 Å². The van der Waals surface area contributed by atoms with Gasteiger partial charge in [-0.1, -0.05) is 0 Å². The lowest BCUT2D eigenvalue weighted by atomic mass is 10.0. The summed E-state index contributed by atoms with van der Waals surface area (Å²) in [6, 6.07) is 1.78. The first-order valence-corrected chi connectivity index (χ1v) is 10.8. The van der Waals surface area contributed by atoms with Crippen molar-refractivity contribution in [3.8, 4) is 5.75 Å². The number of hydrogen-bond acceptors (Lipinski definition) is 10. The molecule has 0 amide bonds. The average Bonchev–Trinajstić information content (AvgIpc) is 3.42. The van der Waals surface area contributed by atoms with E-state index in [2.05, 4.69) is 30.9 Å². The van der Waals surface area contributed by atoms with E-state index in [1.54, 1.807) is 18.5 Å². The van der Waals surface area contributed by atoms with Crippen molar-refractivity contribution in [3.63, 3.8) is 0 Å². The number of anilines is 3. The SMILES string of the molecule is Cc1nc(NCC2CC2)nc(NC2(O)CCC(CO)C2O)c1C1Nc2cnccc2O1. The highest BCUT2D eigenvalue weighted by Crippen LogP contribution is 2.42. The van der Waals surface area contributed by atoms with Gasteiger partial charge in [-0.05, 0) is 38.5 Å². The van der Waals surface area contributed by atoms with E-state index >= 15 is 0 Å². The fourth-order valence-electron chi connectivity index (χ4n) is 4.28. The van der Waals surface area contributed by atoms with Gasteiger partial charge in [-0.3, -0.25) is 4.98 Å². The molecule has 10 heteroatoms. The van der Waals surface area contributed by atoms with Gasteiger partial charge in [-0.15, -0.1) is 0 Å². The van der Waals surface area contributed by atoms with E-state index in [9.17, 15) is 15.3 Å². The van der Waals surface area contributed by atoms with Gasteiger partial charge in [-0.25, -0.2) is 4.98 Å². The van der Waals surface area contributed by atoms with Crippen molar-refractivity contribution >= 4 is 17.5 Å². The fraction of sp³-hybridized carbons (Fsp3) is 0.571. The lowest BCUT2D eigenvalue weighted by Gasteiger charge is -2.31. The largest absolute Gasteiger partial charge is 0.464 e. The normalized spacial score (nSPS) is 29.2. The summed E-state index contributed by atoms with van der Waals surface area (Å²) in [6.45, 7) is 2.47. The van der Waals surface area contributed by atoms with Crippen LogP contribution in [0.3, 0.4) is 0 Å². The summed E-state index contributed by atoms with van der Waals surface area (Å²) in [6.07, 6.45) is 4.84. The van der Waals surface area contributed by atoms with Crippen LogP contribution in [0.25, 0.3) is 0 Å². The lowest BCUT2D eigenvalue weighted by molar-refractivity contribution is -0.0546. The van der Waals surface area contributed by atoms with Crippen molar-refractivity contribution in [1.29, 1.82) is 0 Å². The third-order valence-corrected chi connectivity index (χ3v) is 6.36. The molecule has 4 atom stereocenters. The van der Waals surface area contributed by atoms with E-state index in [1.165, 1.54) is 12.8 Å². The van der Waals surface area contributed by atoms with E-state index < -0.39 is 24.0 Å². The Morgan fingerprint density at radius 3 is 2.84 bits per heavy atom. The topological polar surface area (TPSA) is 145 Å². The first kappa shape index (κ1) is 20.2. The second-order valence-electron chi connectivity index (χ2n) is 8.71. The second-order valence-corrected chi connectivity index (χ2v) is 8.71. The predicted molar refractivity (Wildman–Crippen MR) is 114 cm³/mol. The number of aromatic nitrogens is 3. The molecule has 2 aromatic rings. The molecule has 0 bridgehead atoms. The molecule has 0 saturated heterocycles. The Morgan fingerprint density at radius 1 is 1.29 bits per heavy atom. The molecule has 3 heterocycles. The average molecular weight is 428 g/mol. The molecule has 0 spiro atoms. The first-order chi connectivity index (χ1) is 15.0. The smallest absolute Gasteiger partial charge is 0.224 e. The van der Waals surface area contributed by atoms with Crippen molar-refractivity contribution in [2.75, 3.05) is 29.1 Å². The Morgan fingerprint density at radius 2 is 2.13 bits per heavy atom. The number of pyridine rings is 1. The highest BCUT2D eigenvalue weighted by atomic mass is 16.5. The molecule has 2 fully saturated rings. The van der Waals surface area contributed by atoms with Gasteiger partial charge < -0.3 is 36.0 Å². The molecule has 1 aliphatic heterocycles. The summed E-state index contributed by atoms with van der Waals surface area (Å²) in [5.74, 6) is 1.76. The number of nitrogens with one attached hydrogen (secondary N) is 3. The van der Waals surface area contributed by atoms with Crippen LogP contribution in [-0.2, 0) is 0 Å². The standard InChI is InChI=1S/C21H28N6O4/c1-11-16(19-25-14-9-22-7-5-15(14)31-19)18(26-20(24-11)23-8-12-2-3-12)27-21(30)6-4-13(10-28)17(21)29/h5,7,9,12-13,17,19,25,28-30H,2-4,6,8,10H2,1H3,(H2,23,24,26,27). The predicted octanol–water partition coefficient (Wildman–Crippen LogP) is 1.37. The van der Waals surface area contributed by atoms with E-state index in [0.29, 0.717) is 41.1 Å². The number of rotatable bonds is 7. The highest BCUT2D eigenvalue weighted by molar-refractivity contribution is 5.63. The van der Waals surface area contributed by atoms with Crippen molar-refractivity contribution in [3.05, 3.63) is 29.7 Å². The number of hydrogen-bond donors (Lipinski definition) is 6. The van der Waals surface area contributed by atoms with Crippen LogP contribution in [0.15, 0.2) is 18.5 Å². The number of ether oxygens (including phenoxy) is 1. The van der Waals surface area contributed by atoms with Gasteiger partial charge in [0.05, 0.1) is 23.1 Å². The molecular weight excluding hydrogens is 400 g/mol. The lowest BCUT2D eigenvalue weighted by Crippen LogP contribution is -2.48. The van der Waals surface area contributed by atoms with Crippen LogP contribution in [0, 0.1) is 18.8 Å². The van der Waals surface area contributed by atoms with E-state index in [-0.39, 0.29) is 13.0 Å². The van der Waals surface area contributed by atoms with Crippen LogP contribution in [0.2, 0.25) is 0 Å². The zero-order chi connectivity index (χ0) is 21.6. The Hall–Kier alpha value is -2.69. The van der Waals surface area contributed by atoms with Gasteiger partial charge in [0.25, 0.3) is 0 Å². The summed E-state index contributed by atoms with van der Waals surface area (Å²) < 4.78 is 6.05. The van der Waals surface area contributed by atoms with E-state index in [4.69, 9.17) is 4.74 Å². The highest BCUT2D eigenvalue weighted by Gasteiger charge is 2.47. The summed E-state index contributed by atoms with van der Waals surface area (Å²) in [7, 11) is 0. The second kappa shape index (κ2) is 7.77. The van der Waals surface area contributed by atoms with E-state index in [0.717, 1.165) is 12.2 Å². The van der Waals surface area contributed by atoms with Crippen molar-refractivity contribution in [2.24, 2.45) is 11.8 Å². The van der Waals surface area contributed by atoms with Crippen molar-refractivity contribution in [2.45, 2.75) is 50.7 Å². The summed E-state index contributed by atoms with van der Waals surface area (Å²) in [5, 5.41) is 40.9. The minimum Gasteiger partial charge on any atom is -0.464 e. The van der Waals surface area contributed by atoms with Crippen LogP contribution < -0.4 is 20.7 Å². The molecule has 0 aromatic carbocycles. The molecule has 6 N–H and O–H groups in total. The number of nitrogens with zero attached hydrogens (tertiary/aromatic N) is 3. The maximum Gasteiger partial charge on any atom is 0.224 e. The first-order valence-electron chi connectivity index (χ1n) is 10.8. The van der Waals surface area contributed by atoms with Crippen LogP contribution >= 0.6 is 0 Å². The number of aryl methyl sites for hydroxylation is 1. The third kappa shape index (κ3) is 3.86. The molecule has 5 rings (SSSR count). The van der Waals surface area contributed by atoms with Gasteiger partial charge in [0.1, 0.15) is 17.7 Å². The van der Waals surface area contributed by atoms with Crippen LogP contribution in [-0.4, -0.2) is 55.3 Å². The summed E-state index contributed by atoms with van der Waals surface area (Å²) >= 11 is 0. The van der Waals surface area contributed by atoms with Crippen LogP contribution in [0.5, 0.6) is 5.75 Å². The molecule has 2 aliphatic carbocycles. The summed E-state index contributed by atoms with van der Waals surface area (Å²) in [4.78, 5) is 13.4. The Bertz CT molecular complexity index is 946. The number of aliphatic hydroxyl groups excluding tert-OH is 2. The molecule has 4 unspecified atom stereocenters. The van der Waals surface area contributed by atoms with Gasteiger partial charge in [0.2, 0.25) is 12.2 Å². The molecule has 10 nitrogen and oxygen atoms in total. The minimum absolute atomic E-state index is 0.190. The number of fused-ring (bicyclic) bond motifs is 1. The Kier molecular flexibility index (Phi) is 5.07.